The van der Waals surface area contributed by atoms with Gasteiger partial charge in [0.1, 0.15) is 6.04 Å². The molecule has 1 aliphatic rings. The zero-order valence-corrected chi connectivity index (χ0v) is 14.9. The molecule has 0 aromatic carbocycles. The van der Waals surface area contributed by atoms with Gasteiger partial charge in [-0.1, -0.05) is 17.8 Å². The fourth-order valence-corrected chi connectivity index (χ4v) is 3.67. The van der Waals surface area contributed by atoms with Crippen LogP contribution < -0.4 is 5.32 Å². The van der Waals surface area contributed by atoms with E-state index in [9.17, 15) is 4.79 Å². The van der Waals surface area contributed by atoms with Crippen LogP contribution in [0.15, 0.2) is 35.9 Å². The first-order valence-electron chi connectivity index (χ1n) is 8.17. The average molecular weight is 345 g/mol. The van der Waals surface area contributed by atoms with E-state index in [0.717, 1.165) is 42.3 Å². The lowest BCUT2D eigenvalue weighted by Crippen LogP contribution is -2.39. The summed E-state index contributed by atoms with van der Waals surface area (Å²) in [6.45, 7) is 2.39. The van der Waals surface area contributed by atoms with Gasteiger partial charge in [0, 0.05) is 19.4 Å². The summed E-state index contributed by atoms with van der Waals surface area (Å²) in [5.41, 5.74) is 1.95. The van der Waals surface area contributed by atoms with Crippen LogP contribution in [-0.4, -0.2) is 44.7 Å². The molecule has 0 aliphatic carbocycles. The molecule has 24 heavy (non-hydrogen) atoms. The van der Waals surface area contributed by atoms with Crippen molar-refractivity contribution in [1.29, 1.82) is 0 Å². The van der Waals surface area contributed by atoms with Gasteiger partial charge < -0.3 is 9.88 Å². The predicted molar refractivity (Wildman–Crippen MR) is 94.6 cm³/mol. The normalized spacial score (nSPS) is 16.2. The molecule has 1 fully saturated rings. The van der Waals surface area contributed by atoms with Crippen LogP contribution in [0.3, 0.4) is 0 Å². The molecule has 1 amide bonds. The summed E-state index contributed by atoms with van der Waals surface area (Å²) in [7, 11) is 1.97. The van der Waals surface area contributed by atoms with Crippen LogP contribution in [0.1, 0.15) is 30.1 Å². The minimum absolute atomic E-state index is 0.0248. The molecule has 3 heterocycles. The number of likely N-dealkylation sites (tertiary alicyclic amines) is 1. The summed E-state index contributed by atoms with van der Waals surface area (Å²) < 4.78 is 2.01. The Morgan fingerprint density at radius 2 is 2.17 bits per heavy atom. The topological polar surface area (TPSA) is 63.1 Å². The van der Waals surface area contributed by atoms with Gasteiger partial charge >= 0.3 is 0 Å². The van der Waals surface area contributed by atoms with Crippen LogP contribution in [-0.2, 0) is 18.4 Å². The Balaban J connectivity index is 1.72. The van der Waals surface area contributed by atoms with Crippen molar-refractivity contribution in [2.75, 3.05) is 19.3 Å². The van der Waals surface area contributed by atoms with Crippen molar-refractivity contribution in [1.82, 2.24) is 24.8 Å². The predicted octanol–water partition coefficient (Wildman–Crippen LogP) is 1.99. The summed E-state index contributed by atoms with van der Waals surface area (Å²) >= 11 is 1.60. The van der Waals surface area contributed by atoms with E-state index in [-0.39, 0.29) is 11.9 Å². The highest BCUT2D eigenvalue weighted by atomic mass is 32.2. The number of amides is 1. The van der Waals surface area contributed by atoms with Crippen molar-refractivity contribution in [3.8, 4) is 0 Å². The Kier molecular flexibility index (Phi) is 5.52. The molecule has 6 nitrogen and oxygen atoms in total. The number of carbonyl (C=O) groups is 1. The first-order chi connectivity index (χ1) is 11.7. The third kappa shape index (κ3) is 3.62. The van der Waals surface area contributed by atoms with Gasteiger partial charge in [-0.3, -0.25) is 14.7 Å². The minimum atomic E-state index is -0.269. The summed E-state index contributed by atoms with van der Waals surface area (Å²) in [6, 6.07) is 3.60. The molecule has 1 N–H and O–H groups in total. The highest BCUT2D eigenvalue weighted by Crippen LogP contribution is 2.25. The third-order valence-corrected chi connectivity index (χ3v) is 5.17. The number of carbonyl (C=O) groups excluding carboxylic acids is 1. The number of pyridine rings is 1. The average Bonchev–Trinajstić information content (AvgIpc) is 3.24. The largest absolute Gasteiger partial charge is 0.349 e. The SMILES string of the molecule is CSc1ncc(CNC(=O)[C@@H](c2cccnc2)N2CCCC2)n1C. The first-order valence-corrected chi connectivity index (χ1v) is 9.39. The van der Waals surface area contributed by atoms with Crippen molar-refractivity contribution in [2.45, 2.75) is 30.6 Å². The summed E-state index contributed by atoms with van der Waals surface area (Å²) in [4.78, 5) is 23.6. The summed E-state index contributed by atoms with van der Waals surface area (Å²) in [6.07, 6.45) is 9.63. The molecule has 7 heteroatoms. The molecule has 1 aliphatic heterocycles. The quantitative estimate of drug-likeness (QED) is 0.811. The van der Waals surface area contributed by atoms with Gasteiger partial charge in [0.15, 0.2) is 5.16 Å². The minimum Gasteiger partial charge on any atom is -0.349 e. The molecule has 128 valence electrons. The molecule has 3 rings (SSSR count). The number of nitrogens with zero attached hydrogens (tertiary/aromatic N) is 4. The van der Waals surface area contributed by atoms with E-state index in [0.29, 0.717) is 6.54 Å². The smallest absolute Gasteiger partial charge is 0.242 e. The van der Waals surface area contributed by atoms with Gasteiger partial charge in [-0.2, -0.15) is 0 Å². The fourth-order valence-electron chi connectivity index (χ4n) is 3.12. The highest BCUT2D eigenvalue weighted by Gasteiger charge is 2.29. The van der Waals surface area contributed by atoms with Gasteiger partial charge in [0.05, 0.1) is 18.4 Å². The van der Waals surface area contributed by atoms with E-state index >= 15 is 0 Å². The van der Waals surface area contributed by atoms with Crippen LogP contribution in [0.2, 0.25) is 0 Å². The van der Waals surface area contributed by atoms with Gasteiger partial charge in [-0.15, -0.1) is 0 Å². The Hall–Kier alpha value is -1.86. The van der Waals surface area contributed by atoms with Crippen LogP contribution in [0.4, 0.5) is 0 Å². The Morgan fingerprint density at radius 1 is 1.38 bits per heavy atom. The molecular weight excluding hydrogens is 322 g/mol. The van der Waals surface area contributed by atoms with E-state index < -0.39 is 0 Å². The van der Waals surface area contributed by atoms with Crippen LogP contribution >= 0.6 is 11.8 Å². The molecule has 0 spiro atoms. The maximum atomic E-state index is 12.9. The second-order valence-corrected chi connectivity index (χ2v) is 6.72. The van der Waals surface area contributed by atoms with Crippen molar-refractivity contribution in [3.05, 3.63) is 42.0 Å². The van der Waals surface area contributed by atoms with Gasteiger partial charge in [0.2, 0.25) is 5.91 Å². The molecule has 0 bridgehead atoms. The summed E-state index contributed by atoms with van der Waals surface area (Å²) in [5.74, 6) is 0.0248. The molecule has 2 aromatic heterocycles. The first kappa shape index (κ1) is 17.0. The van der Waals surface area contributed by atoms with Gasteiger partial charge in [0.25, 0.3) is 0 Å². The number of rotatable bonds is 6. The van der Waals surface area contributed by atoms with Crippen LogP contribution in [0.5, 0.6) is 0 Å². The standard InChI is InChI=1S/C17H23N5OS/c1-21-14(12-20-17(21)24-2)11-19-16(23)15(22-8-3-4-9-22)13-6-5-7-18-10-13/h5-7,10,12,15H,3-4,8-9,11H2,1-2H3,(H,19,23)/t15-/m1/s1. The third-order valence-electron chi connectivity index (χ3n) is 4.42. The number of imidazole rings is 1. The number of nitrogens with one attached hydrogen (secondary N) is 1. The highest BCUT2D eigenvalue weighted by molar-refractivity contribution is 7.98. The van der Waals surface area contributed by atoms with Crippen LogP contribution in [0, 0.1) is 0 Å². The van der Waals surface area contributed by atoms with Gasteiger partial charge in [-0.05, 0) is 43.8 Å². The number of hydrogen-bond acceptors (Lipinski definition) is 5. The number of aromatic nitrogens is 3. The zero-order chi connectivity index (χ0) is 16.9. The monoisotopic (exact) mass is 345 g/mol. The molecule has 2 aromatic rings. The Morgan fingerprint density at radius 3 is 2.79 bits per heavy atom. The second kappa shape index (κ2) is 7.81. The van der Waals surface area contributed by atoms with E-state index in [1.165, 1.54) is 0 Å². The number of thioether (sulfide) groups is 1. The zero-order valence-electron chi connectivity index (χ0n) is 14.1. The molecule has 1 saturated heterocycles. The second-order valence-electron chi connectivity index (χ2n) is 5.95. The summed E-state index contributed by atoms with van der Waals surface area (Å²) in [5, 5.41) is 4.02. The fraction of sp³-hybridized carbons (Fsp3) is 0.471. The van der Waals surface area contributed by atoms with Crippen molar-refractivity contribution in [2.24, 2.45) is 7.05 Å². The molecular formula is C17H23N5OS. The Bertz CT molecular complexity index is 682. The van der Waals surface area contributed by atoms with E-state index in [2.05, 4.69) is 20.2 Å². The molecule has 1 atom stereocenters. The van der Waals surface area contributed by atoms with Crippen molar-refractivity contribution >= 4 is 17.7 Å². The maximum absolute atomic E-state index is 12.9. The lowest BCUT2D eigenvalue weighted by atomic mass is 10.1. The Labute approximate surface area is 146 Å². The van der Waals surface area contributed by atoms with Gasteiger partial charge in [-0.25, -0.2) is 4.98 Å². The van der Waals surface area contributed by atoms with Crippen LogP contribution in [0.25, 0.3) is 0 Å². The van der Waals surface area contributed by atoms with E-state index in [1.54, 1.807) is 24.2 Å². The lowest BCUT2D eigenvalue weighted by Gasteiger charge is -2.26. The molecule has 0 unspecified atom stereocenters. The van der Waals surface area contributed by atoms with E-state index in [1.807, 2.05) is 36.2 Å². The molecule has 0 radical (unpaired) electrons. The molecule has 0 saturated carbocycles. The maximum Gasteiger partial charge on any atom is 0.242 e. The number of hydrogen-bond donors (Lipinski definition) is 1. The van der Waals surface area contributed by atoms with E-state index in [4.69, 9.17) is 0 Å². The van der Waals surface area contributed by atoms with Crippen molar-refractivity contribution in [3.63, 3.8) is 0 Å². The van der Waals surface area contributed by atoms with Crippen molar-refractivity contribution < 1.29 is 4.79 Å². The lowest BCUT2D eigenvalue weighted by molar-refractivity contribution is -0.126.